The molecule has 0 saturated carbocycles. The predicted octanol–water partition coefficient (Wildman–Crippen LogP) is 6.30. The molecular formula is C34H39NO7. The third-order valence-electron chi connectivity index (χ3n) is 7.88. The van der Waals surface area contributed by atoms with Crippen LogP contribution in [0, 0.1) is 19.8 Å². The molecule has 1 saturated heterocycles. The molecule has 0 radical (unpaired) electrons. The van der Waals surface area contributed by atoms with Gasteiger partial charge in [0.2, 0.25) is 5.91 Å². The van der Waals surface area contributed by atoms with E-state index in [4.69, 9.17) is 18.9 Å². The van der Waals surface area contributed by atoms with Gasteiger partial charge in [-0.3, -0.25) is 9.59 Å². The minimum atomic E-state index is -1.44. The summed E-state index contributed by atoms with van der Waals surface area (Å²) in [6, 6.07) is 19.9. The summed E-state index contributed by atoms with van der Waals surface area (Å²) in [5.74, 6) is -0.592. The second kappa shape index (κ2) is 12.7. The first-order valence-corrected chi connectivity index (χ1v) is 14.0. The number of esters is 1. The molecule has 42 heavy (non-hydrogen) atoms. The molecule has 4 rings (SSSR count). The zero-order valence-corrected chi connectivity index (χ0v) is 25.3. The minimum absolute atomic E-state index is 0.00989. The first-order chi connectivity index (χ1) is 20.1. The monoisotopic (exact) mass is 573 g/mol. The first kappa shape index (κ1) is 30.6. The van der Waals surface area contributed by atoms with Crippen molar-refractivity contribution in [1.82, 2.24) is 4.90 Å². The Labute approximate surface area is 247 Å². The molecule has 3 aromatic carbocycles. The highest BCUT2D eigenvalue weighted by Gasteiger charge is 2.61. The zero-order valence-electron chi connectivity index (χ0n) is 25.3. The van der Waals surface area contributed by atoms with Crippen LogP contribution >= 0.6 is 0 Å². The standard InChI is InChI=1S/C34H39NO7/c1-21(2)32-34(26-17-22(3)13-15-28(26)39-5,27-18-23(4)14-16-29(27)40-6)42-33(38)35(32)30(36)19-25(20-31(37)41-7)24-11-9-8-10-12-24/h8-18,21,25,32H,19-20H2,1-7H3/t25-,32+/m1/s1. The van der Waals surface area contributed by atoms with Crippen LogP contribution in [-0.2, 0) is 24.7 Å². The van der Waals surface area contributed by atoms with Crippen molar-refractivity contribution in [1.29, 1.82) is 0 Å². The molecule has 222 valence electrons. The summed E-state index contributed by atoms with van der Waals surface area (Å²) in [7, 11) is 4.45. The molecule has 2 amide bonds. The lowest BCUT2D eigenvalue weighted by atomic mass is 9.74. The third-order valence-corrected chi connectivity index (χ3v) is 7.88. The number of benzene rings is 3. The Morgan fingerprint density at radius 2 is 1.40 bits per heavy atom. The zero-order chi connectivity index (χ0) is 30.6. The molecule has 1 aliphatic rings. The van der Waals surface area contributed by atoms with Gasteiger partial charge in [-0.2, -0.15) is 0 Å². The molecule has 8 nitrogen and oxygen atoms in total. The smallest absolute Gasteiger partial charge is 0.418 e. The van der Waals surface area contributed by atoms with Gasteiger partial charge < -0.3 is 18.9 Å². The number of methoxy groups -OCH3 is 3. The number of ether oxygens (including phenoxy) is 4. The van der Waals surface area contributed by atoms with Crippen molar-refractivity contribution < 1.29 is 33.3 Å². The molecular weight excluding hydrogens is 534 g/mol. The van der Waals surface area contributed by atoms with Crippen molar-refractivity contribution in [3.8, 4) is 11.5 Å². The van der Waals surface area contributed by atoms with E-state index in [9.17, 15) is 14.4 Å². The number of aryl methyl sites for hydroxylation is 2. The van der Waals surface area contributed by atoms with E-state index in [-0.39, 0.29) is 18.8 Å². The molecule has 2 atom stereocenters. The molecule has 1 fully saturated rings. The van der Waals surface area contributed by atoms with Gasteiger partial charge in [0.25, 0.3) is 0 Å². The Hall–Kier alpha value is -4.33. The Kier molecular flexibility index (Phi) is 9.24. The van der Waals surface area contributed by atoms with Crippen LogP contribution < -0.4 is 9.47 Å². The van der Waals surface area contributed by atoms with Gasteiger partial charge in [-0.25, -0.2) is 9.69 Å². The molecule has 3 aromatic rings. The lowest BCUT2D eigenvalue weighted by Crippen LogP contribution is -2.50. The summed E-state index contributed by atoms with van der Waals surface area (Å²) in [5, 5.41) is 0. The highest BCUT2D eigenvalue weighted by molar-refractivity contribution is 5.95. The molecule has 8 heteroatoms. The predicted molar refractivity (Wildman–Crippen MR) is 159 cm³/mol. The molecule has 0 aliphatic carbocycles. The van der Waals surface area contributed by atoms with Gasteiger partial charge in [0.1, 0.15) is 11.5 Å². The van der Waals surface area contributed by atoms with Gasteiger partial charge in [-0.15, -0.1) is 0 Å². The Balaban J connectivity index is 1.92. The third kappa shape index (κ3) is 5.71. The van der Waals surface area contributed by atoms with E-state index in [1.807, 2.05) is 94.4 Å². The summed E-state index contributed by atoms with van der Waals surface area (Å²) in [5.41, 5.74) is 2.46. The van der Waals surface area contributed by atoms with E-state index in [2.05, 4.69) is 0 Å². The number of hydrogen-bond donors (Lipinski definition) is 0. The van der Waals surface area contributed by atoms with Gasteiger partial charge in [0, 0.05) is 23.5 Å². The second-order valence-electron chi connectivity index (χ2n) is 11.1. The van der Waals surface area contributed by atoms with Gasteiger partial charge >= 0.3 is 12.1 Å². The van der Waals surface area contributed by atoms with Crippen LogP contribution in [0.2, 0.25) is 0 Å². The quantitative estimate of drug-likeness (QED) is 0.263. The first-order valence-electron chi connectivity index (χ1n) is 14.0. The van der Waals surface area contributed by atoms with Gasteiger partial charge in [-0.1, -0.05) is 67.4 Å². The Morgan fingerprint density at radius 1 is 0.857 bits per heavy atom. The average Bonchev–Trinajstić information content (AvgIpc) is 3.31. The summed E-state index contributed by atoms with van der Waals surface area (Å²) in [6.07, 6.45) is -0.872. The Bertz CT molecular complexity index is 1400. The van der Waals surface area contributed by atoms with Gasteiger partial charge in [0.05, 0.1) is 33.8 Å². The van der Waals surface area contributed by atoms with E-state index >= 15 is 0 Å². The summed E-state index contributed by atoms with van der Waals surface area (Å²) >= 11 is 0. The number of nitrogens with zero attached hydrogens (tertiary/aromatic N) is 1. The van der Waals surface area contributed by atoms with E-state index in [0.717, 1.165) is 16.7 Å². The van der Waals surface area contributed by atoms with Crippen LogP contribution in [-0.4, -0.2) is 50.2 Å². The van der Waals surface area contributed by atoms with E-state index in [0.29, 0.717) is 22.6 Å². The molecule has 0 aromatic heterocycles. The van der Waals surface area contributed by atoms with Crippen molar-refractivity contribution in [3.63, 3.8) is 0 Å². The highest BCUT2D eigenvalue weighted by Crippen LogP contribution is 2.53. The number of carbonyl (C=O) groups is 3. The topological polar surface area (TPSA) is 91.4 Å². The molecule has 0 bridgehead atoms. The Morgan fingerprint density at radius 3 is 1.88 bits per heavy atom. The largest absolute Gasteiger partial charge is 0.496 e. The average molecular weight is 574 g/mol. The fourth-order valence-electron chi connectivity index (χ4n) is 5.99. The van der Waals surface area contributed by atoms with Crippen molar-refractivity contribution in [2.75, 3.05) is 21.3 Å². The van der Waals surface area contributed by atoms with Crippen LogP contribution in [0.5, 0.6) is 11.5 Å². The fourth-order valence-corrected chi connectivity index (χ4v) is 5.99. The summed E-state index contributed by atoms with van der Waals surface area (Å²) in [4.78, 5) is 41.8. The van der Waals surface area contributed by atoms with Crippen LogP contribution in [0.1, 0.15) is 60.4 Å². The van der Waals surface area contributed by atoms with E-state index in [1.165, 1.54) is 12.0 Å². The lowest BCUT2D eigenvalue weighted by Gasteiger charge is -2.39. The van der Waals surface area contributed by atoms with Crippen LogP contribution in [0.3, 0.4) is 0 Å². The summed E-state index contributed by atoms with van der Waals surface area (Å²) in [6.45, 7) is 7.81. The highest BCUT2D eigenvalue weighted by atomic mass is 16.6. The molecule has 0 N–H and O–H groups in total. The lowest BCUT2D eigenvalue weighted by molar-refractivity contribution is -0.141. The van der Waals surface area contributed by atoms with Crippen LogP contribution in [0.4, 0.5) is 4.79 Å². The molecule has 1 aliphatic heterocycles. The molecule has 0 unspecified atom stereocenters. The summed E-state index contributed by atoms with van der Waals surface area (Å²) < 4.78 is 23.0. The maximum Gasteiger partial charge on any atom is 0.418 e. The minimum Gasteiger partial charge on any atom is -0.496 e. The number of rotatable bonds is 10. The molecule has 0 spiro atoms. The SMILES string of the molecule is COC(=O)C[C@@H](CC(=O)N1C(=O)OC(c2cc(C)ccc2OC)(c2cc(C)ccc2OC)[C@@H]1C(C)C)c1ccccc1. The van der Waals surface area contributed by atoms with Crippen molar-refractivity contribution in [3.05, 3.63) is 94.5 Å². The van der Waals surface area contributed by atoms with E-state index < -0.39 is 35.5 Å². The van der Waals surface area contributed by atoms with Crippen molar-refractivity contribution >= 4 is 18.0 Å². The normalized spacial score (nSPS) is 16.6. The number of carbonyl (C=O) groups excluding carboxylic acids is 3. The second-order valence-corrected chi connectivity index (χ2v) is 11.1. The van der Waals surface area contributed by atoms with Crippen LogP contribution in [0.25, 0.3) is 0 Å². The fraction of sp³-hybridized carbons (Fsp3) is 0.382. The number of imide groups is 1. The number of hydrogen-bond acceptors (Lipinski definition) is 7. The van der Waals surface area contributed by atoms with Crippen LogP contribution in [0.15, 0.2) is 66.7 Å². The van der Waals surface area contributed by atoms with Crippen molar-refractivity contribution in [2.45, 2.75) is 58.1 Å². The van der Waals surface area contributed by atoms with Gasteiger partial charge in [0.15, 0.2) is 5.60 Å². The number of cyclic esters (lactones) is 1. The maximum atomic E-state index is 14.2. The van der Waals surface area contributed by atoms with E-state index in [1.54, 1.807) is 14.2 Å². The van der Waals surface area contributed by atoms with Gasteiger partial charge in [-0.05, 0) is 49.6 Å². The maximum absolute atomic E-state index is 14.2. The van der Waals surface area contributed by atoms with Crippen molar-refractivity contribution in [2.24, 2.45) is 5.92 Å². The number of amides is 2. The molecule has 1 heterocycles.